The van der Waals surface area contributed by atoms with Crippen molar-refractivity contribution >= 4 is 21.8 Å². The van der Waals surface area contributed by atoms with Crippen LogP contribution in [0.4, 0.5) is 0 Å². The fraction of sp³-hybridized carbons (Fsp3) is 0.182. The van der Waals surface area contributed by atoms with Crippen LogP contribution in [0.2, 0.25) is 0 Å². The maximum Gasteiger partial charge on any atom is 0.248 e. The van der Waals surface area contributed by atoms with E-state index in [4.69, 9.17) is 5.73 Å². The summed E-state index contributed by atoms with van der Waals surface area (Å²) in [6.07, 6.45) is 0. The molecule has 0 unspecified atom stereocenters. The monoisotopic (exact) mass is 268 g/mol. The summed E-state index contributed by atoms with van der Waals surface area (Å²) in [5.74, 6) is -0.401. The largest absolute Gasteiger partial charge is 0.366 e. The highest BCUT2D eigenvalue weighted by atomic mass is 79.9. The van der Waals surface area contributed by atoms with Gasteiger partial charge in [0.05, 0.1) is 0 Å². The third kappa shape index (κ3) is 4.27. The lowest BCUT2D eigenvalue weighted by atomic mass is 10.1. The molecule has 0 aliphatic carbocycles. The molecule has 0 heterocycles. The summed E-state index contributed by atoms with van der Waals surface area (Å²) in [6, 6.07) is 7.25. The second-order valence-electron chi connectivity index (χ2n) is 3.19. The van der Waals surface area contributed by atoms with Crippen molar-refractivity contribution in [2.75, 3.05) is 6.54 Å². The van der Waals surface area contributed by atoms with Gasteiger partial charge in [0.2, 0.25) is 5.91 Å². The van der Waals surface area contributed by atoms with E-state index in [9.17, 15) is 4.79 Å². The van der Waals surface area contributed by atoms with Crippen LogP contribution in [0, 0.1) is 0 Å². The molecule has 0 fully saturated rings. The Morgan fingerprint density at radius 3 is 2.87 bits per heavy atom. The zero-order valence-electron chi connectivity index (χ0n) is 8.29. The van der Waals surface area contributed by atoms with E-state index in [1.165, 1.54) is 0 Å². The molecule has 1 aromatic carbocycles. The van der Waals surface area contributed by atoms with E-state index in [0.29, 0.717) is 18.7 Å². The normalized spacial score (nSPS) is 9.93. The van der Waals surface area contributed by atoms with Gasteiger partial charge in [-0.15, -0.1) is 0 Å². The molecule has 1 rings (SSSR count). The van der Waals surface area contributed by atoms with Gasteiger partial charge in [0, 0.05) is 23.1 Å². The van der Waals surface area contributed by atoms with Crippen LogP contribution in [0.15, 0.2) is 35.3 Å². The Bertz CT molecular complexity index is 377. The van der Waals surface area contributed by atoms with Crippen molar-refractivity contribution in [1.29, 1.82) is 0 Å². The molecule has 3 N–H and O–H groups in total. The van der Waals surface area contributed by atoms with Crippen molar-refractivity contribution < 1.29 is 4.79 Å². The summed E-state index contributed by atoms with van der Waals surface area (Å²) >= 11 is 3.25. The topological polar surface area (TPSA) is 55.1 Å². The molecule has 1 aromatic rings. The Morgan fingerprint density at radius 2 is 2.27 bits per heavy atom. The van der Waals surface area contributed by atoms with E-state index in [-0.39, 0.29) is 0 Å². The summed E-state index contributed by atoms with van der Waals surface area (Å²) < 4.78 is 0.897. The SMILES string of the molecule is C=C(Br)CNCc1cccc(C(N)=O)c1. The van der Waals surface area contributed by atoms with Crippen LogP contribution in [0.5, 0.6) is 0 Å². The van der Waals surface area contributed by atoms with Crippen LogP contribution >= 0.6 is 15.9 Å². The molecular weight excluding hydrogens is 256 g/mol. The molecule has 0 spiro atoms. The fourth-order valence-electron chi connectivity index (χ4n) is 1.18. The number of rotatable bonds is 5. The van der Waals surface area contributed by atoms with Crippen molar-refractivity contribution in [1.82, 2.24) is 5.32 Å². The zero-order chi connectivity index (χ0) is 11.3. The van der Waals surface area contributed by atoms with Gasteiger partial charge in [-0.25, -0.2) is 0 Å². The molecule has 15 heavy (non-hydrogen) atoms. The second kappa shape index (κ2) is 5.68. The molecule has 0 saturated heterocycles. The molecule has 0 aromatic heterocycles. The molecular formula is C11H13BrN2O. The zero-order valence-corrected chi connectivity index (χ0v) is 9.88. The van der Waals surface area contributed by atoms with Crippen LogP contribution in [0.25, 0.3) is 0 Å². The van der Waals surface area contributed by atoms with Gasteiger partial charge in [0.15, 0.2) is 0 Å². The van der Waals surface area contributed by atoms with E-state index in [1.807, 2.05) is 12.1 Å². The number of nitrogens with two attached hydrogens (primary N) is 1. The van der Waals surface area contributed by atoms with Crippen LogP contribution in [0.3, 0.4) is 0 Å². The highest BCUT2D eigenvalue weighted by molar-refractivity contribution is 9.11. The average molecular weight is 269 g/mol. The minimum atomic E-state index is -0.401. The summed E-state index contributed by atoms with van der Waals surface area (Å²) in [7, 11) is 0. The van der Waals surface area contributed by atoms with Crippen molar-refractivity contribution in [2.24, 2.45) is 5.73 Å². The number of benzene rings is 1. The standard InChI is InChI=1S/C11H13BrN2O/c1-8(12)6-14-7-9-3-2-4-10(5-9)11(13)15/h2-5,14H,1,6-7H2,(H2,13,15). The molecule has 1 amide bonds. The van der Waals surface area contributed by atoms with Crippen LogP contribution in [0.1, 0.15) is 15.9 Å². The number of carbonyl (C=O) groups is 1. The van der Waals surface area contributed by atoms with Crippen molar-refractivity contribution in [3.05, 3.63) is 46.5 Å². The number of amides is 1. The van der Waals surface area contributed by atoms with Gasteiger partial charge in [-0.05, 0) is 17.7 Å². The molecule has 80 valence electrons. The highest BCUT2D eigenvalue weighted by Crippen LogP contribution is 2.05. The summed E-state index contributed by atoms with van der Waals surface area (Å²) in [5.41, 5.74) is 6.74. The summed E-state index contributed by atoms with van der Waals surface area (Å²) in [6.45, 7) is 5.09. The van der Waals surface area contributed by atoms with E-state index in [0.717, 1.165) is 10.0 Å². The quantitative estimate of drug-likeness (QED) is 0.856. The third-order valence-electron chi connectivity index (χ3n) is 1.86. The number of hydrogen-bond acceptors (Lipinski definition) is 2. The van der Waals surface area contributed by atoms with Crippen LogP contribution in [-0.2, 0) is 6.54 Å². The van der Waals surface area contributed by atoms with Gasteiger partial charge in [0.1, 0.15) is 0 Å². The first-order valence-electron chi connectivity index (χ1n) is 4.52. The van der Waals surface area contributed by atoms with Gasteiger partial charge < -0.3 is 11.1 Å². The van der Waals surface area contributed by atoms with E-state index in [1.54, 1.807) is 12.1 Å². The summed E-state index contributed by atoms with van der Waals surface area (Å²) in [5, 5.41) is 3.17. The Balaban J connectivity index is 2.58. The second-order valence-corrected chi connectivity index (χ2v) is 4.31. The Morgan fingerprint density at radius 1 is 1.53 bits per heavy atom. The lowest BCUT2D eigenvalue weighted by Gasteiger charge is -2.04. The first kappa shape index (κ1) is 11.9. The molecule has 4 heteroatoms. The Kier molecular flexibility index (Phi) is 4.52. The predicted molar refractivity (Wildman–Crippen MR) is 64.7 cm³/mol. The summed E-state index contributed by atoms with van der Waals surface area (Å²) in [4.78, 5) is 10.9. The minimum absolute atomic E-state index is 0.401. The molecule has 0 aliphatic heterocycles. The number of halogens is 1. The molecule has 0 bridgehead atoms. The number of nitrogens with one attached hydrogen (secondary N) is 1. The van der Waals surface area contributed by atoms with E-state index < -0.39 is 5.91 Å². The average Bonchev–Trinajstić information content (AvgIpc) is 2.17. The lowest BCUT2D eigenvalue weighted by Crippen LogP contribution is -2.16. The van der Waals surface area contributed by atoms with Crippen molar-refractivity contribution in [3.63, 3.8) is 0 Å². The van der Waals surface area contributed by atoms with Gasteiger partial charge in [-0.2, -0.15) is 0 Å². The van der Waals surface area contributed by atoms with Crippen LogP contribution < -0.4 is 11.1 Å². The van der Waals surface area contributed by atoms with E-state index >= 15 is 0 Å². The van der Waals surface area contributed by atoms with Crippen molar-refractivity contribution in [3.8, 4) is 0 Å². The van der Waals surface area contributed by atoms with Gasteiger partial charge in [-0.1, -0.05) is 34.6 Å². The Labute approximate surface area is 97.5 Å². The van der Waals surface area contributed by atoms with Gasteiger partial charge in [0.25, 0.3) is 0 Å². The maximum absolute atomic E-state index is 10.9. The van der Waals surface area contributed by atoms with Crippen LogP contribution in [-0.4, -0.2) is 12.5 Å². The maximum atomic E-state index is 10.9. The van der Waals surface area contributed by atoms with Crippen molar-refractivity contribution in [2.45, 2.75) is 6.54 Å². The van der Waals surface area contributed by atoms with E-state index in [2.05, 4.69) is 27.8 Å². The molecule has 0 radical (unpaired) electrons. The predicted octanol–water partition coefficient (Wildman–Crippen LogP) is 1.78. The third-order valence-corrected chi connectivity index (χ3v) is 2.14. The van der Waals surface area contributed by atoms with Gasteiger partial charge in [-0.3, -0.25) is 4.79 Å². The lowest BCUT2D eigenvalue weighted by molar-refractivity contribution is 0.1000. The van der Waals surface area contributed by atoms with Gasteiger partial charge >= 0.3 is 0 Å². The minimum Gasteiger partial charge on any atom is -0.366 e. The number of carbonyl (C=O) groups excluding carboxylic acids is 1. The highest BCUT2D eigenvalue weighted by Gasteiger charge is 2.00. The molecule has 3 nitrogen and oxygen atoms in total. The Hall–Kier alpha value is -1.13. The first-order chi connectivity index (χ1) is 7.09. The molecule has 0 aliphatic rings. The molecule has 0 atom stereocenters. The fourth-order valence-corrected chi connectivity index (χ4v) is 1.38. The smallest absolute Gasteiger partial charge is 0.248 e. The number of hydrogen-bond donors (Lipinski definition) is 2. The number of primary amides is 1. The molecule has 0 saturated carbocycles. The first-order valence-corrected chi connectivity index (χ1v) is 5.31.